The predicted octanol–water partition coefficient (Wildman–Crippen LogP) is 4.54. The van der Waals surface area contributed by atoms with Crippen LogP contribution < -0.4 is 5.32 Å². The van der Waals surface area contributed by atoms with Gasteiger partial charge >= 0.3 is 0 Å². The molecule has 0 aliphatic heterocycles. The maximum Gasteiger partial charge on any atom is 0.0542 e. The zero-order chi connectivity index (χ0) is 15.5. The van der Waals surface area contributed by atoms with Gasteiger partial charge in [0, 0.05) is 18.8 Å². The summed E-state index contributed by atoms with van der Waals surface area (Å²) in [7, 11) is 0. The molecule has 0 aliphatic carbocycles. The largest absolute Gasteiger partial charge is 0.305 e. The number of hydrogen-bond acceptors (Lipinski definition) is 2. The Morgan fingerprint density at radius 3 is 2.24 bits per heavy atom. The number of aromatic nitrogens is 1. The molecular weight excluding hydrogens is 256 g/mol. The normalized spacial score (nSPS) is 13.2. The van der Waals surface area contributed by atoms with Gasteiger partial charge in [0.1, 0.15) is 0 Å². The Labute approximate surface area is 128 Å². The highest BCUT2D eigenvalue weighted by Gasteiger charge is 2.13. The van der Waals surface area contributed by atoms with Crippen molar-refractivity contribution in [2.75, 3.05) is 0 Å². The topological polar surface area (TPSA) is 24.9 Å². The Hall–Kier alpha value is -1.67. The summed E-state index contributed by atoms with van der Waals surface area (Å²) in [5.74, 6) is 0. The molecule has 2 aromatic rings. The Balaban J connectivity index is 1.97. The molecular formula is C19H26N2. The van der Waals surface area contributed by atoms with Crippen molar-refractivity contribution < 1.29 is 0 Å². The van der Waals surface area contributed by atoms with Crippen LogP contribution in [-0.4, -0.2) is 4.98 Å². The summed E-state index contributed by atoms with van der Waals surface area (Å²) in [5, 5.41) is 3.53. The molecule has 1 N–H and O–H groups in total. The molecule has 1 unspecified atom stereocenters. The van der Waals surface area contributed by atoms with E-state index in [-0.39, 0.29) is 5.41 Å². The number of nitrogens with zero attached hydrogens (tertiary/aromatic N) is 1. The fraction of sp³-hybridized carbons (Fsp3) is 0.421. The monoisotopic (exact) mass is 282 g/mol. The second-order valence-corrected chi connectivity index (χ2v) is 6.80. The minimum atomic E-state index is 0.209. The molecule has 1 atom stereocenters. The van der Waals surface area contributed by atoms with E-state index < -0.39 is 0 Å². The van der Waals surface area contributed by atoms with Crippen molar-refractivity contribution in [2.24, 2.45) is 0 Å². The van der Waals surface area contributed by atoms with Gasteiger partial charge in [0.05, 0.1) is 5.69 Å². The van der Waals surface area contributed by atoms with Crippen LogP contribution >= 0.6 is 0 Å². The van der Waals surface area contributed by atoms with Crippen LogP contribution in [0.25, 0.3) is 0 Å². The molecule has 1 heterocycles. The third-order valence-electron chi connectivity index (χ3n) is 3.84. The maximum absolute atomic E-state index is 4.43. The average Bonchev–Trinajstić information content (AvgIpc) is 2.45. The molecule has 0 amide bonds. The predicted molar refractivity (Wildman–Crippen MR) is 89.4 cm³/mol. The molecule has 2 rings (SSSR count). The van der Waals surface area contributed by atoms with Crippen LogP contribution in [0.1, 0.15) is 56.1 Å². The zero-order valence-electron chi connectivity index (χ0n) is 13.8. The van der Waals surface area contributed by atoms with Crippen LogP contribution in [0.3, 0.4) is 0 Å². The molecule has 2 heteroatoms. The molecule has 0 saturated carbocycles. The molecule has 1 aromatic carbocycles. The summed E-state index contributed by atoms with van der Waals surface area (Å²) < 4.78 is 0. The van der Waals surface area contributed by atoms with E-state index in [9.17, 15) is 0 Å². The number of benzene rings is 1. The fourth-order valence-electron chi connectivity index (χ4n) is 2.25. The van der Waals surface area contributed by atoms with E-state index in [1.54, 1.807) is 0 Å². The minimum Gasteiger partial charge on any atom is -0.305 e. The molecule has 1 aromatic heterocycles. The summed E-state index contributed by atoms with van der Waals surface area (Å²) in [6.07, 6.45) is 1.92. The third kappa shape index (κ3) is 4.40. The van der Waals surface area contributed by atoms with Crippen molar-refractivity contribution in [3.8, 4) is 0 Å². The van der Waals surface area contributed by atoms with Crippen molar-refractivity contribution >= 4 is 0 Å². The van der Waals surface area contributed by atoms with Crippen LogP contribution in [0.2, 0.25) is 0 Å². The molecule has 2 nitrogen and oxygen atoms in total. The first kappa shape index (κ1) is 15.7. The molecule has 0 saturated heterocycles. The quantitative estimate of drug-likeness (QED) is 0.890. The summed E-state index contributed by atoms with van der Waals surface area (Å²) in [6.45, 7) is 11.8. The molecule has 21 heavy (non-hydrogen) atoms. The number of pyridine rings is 1. The molecule has 0 fully saturated rings. The lowest BCUT2D eigenvalue weighted by Gasteiger charge is -2.20. The van der Waals surface area contributed by atoms with Gasteiger partial charge in [0.15, 0.2) is 0 Å². The number of nitrogens with one attached hydrogen (secondary N) is 1. The summed E-state index contributed by atoms with van der Waals surface area (Å²) in [4.78, 5) is 4.43. The van der Waals surface area contributed by atoms with Crippen molar-refractivity contribution in [2.45, 2.75) is 52.6 Å². The lowest BCUT2D eigenvalue weighted by molar-refractivity contribution is 0.564. The summed E-state index contributed by atoms with van der Waals surface area (Å²) in [5.41, 5.74) is 5.18. The molecule has 0 bridgehead atoms. The Morgan fingerprint density at radius 1 is 1.05 bits per heavy atom. The first-order valence-corrected chi connectivity index (χ1v) is 7.61. The number of aryl methyl sites for hydroxylation is 1. The standard InChI is InChI=1S/C19H26N2/c1-14-6-11-18(21-12-14)13-20-15(2)16-7-9-17(10-8-16)19(3,4)5/h6-12,15,20H,13H2,1-5H3. The van der Waals surface area contributed by atoms with Gasteiger partial charge in [-0.2, -0.15) is 0 Å². The average molecular weight is 282 g/mol. The van der Waals surface area contributed by atoms with Crippen LogP contribution in [0, 0.1) is 6.92 Å². The van der Waals surface area contributed by atoms with E-state index in [4.69, 9.17) is 0 Å². The second-order valence-electron chi connectivity index (χ2n) is 6.80. The molecule has 0 aliphatic rings. The van der Waals surface area contributed by atoms with Gasteiger partial charge in [-0.15, -0.1) is 0 Å². The minimum absolute atomic E-state index is 0.209. The van der Waals surface area contributed by atoms with E-state index in [1.807, 2.05) is 6.20 Å². The Morgan fingerprint density at radius 2 is 1.71 bits per heavy atom. The van der Waals surface area contributed by atoms with Crippen molar-refractivity contribution in [1.82, 2.24) is 10.3 Å². The van der Waals surface area contributed by atoms with Crippen molar-refractivity contribution in [1.29, 1.82) is 0 Å². The van der Waals surface area contributed by atoms with Gasteiger partial charge in [-0.25, -0.2) is 0 Å². The van der Waals surface area contributed by atoms with E-state index in [0.29, 0.717) is 6.04 Å². The first-order chi connectivity index (χ1) is 9.86. The summed E-state index contributed by atoms with van der Waals surface area (Å²) >= 11 is 0. The van der Waals surface area contributed by atoms with Gasteiger partial charge in [-0.3, -0.25) is 4.98 Å². The zero-order valence-corrected chi connectivity index (χ0v) is 13.8. The number of hydrogen-bond donors (Lipinski definition) is 1. The molecule has 112 valence electrons. The lowest BCUT2D eigenvalue weighted by atomic mass is 9.86. The molecule has 0 radical (unpaired) electrons. The highest BCUT2D eigenvalue weighted by atomic mass is 14.9. The molecule has 0 spiro atoms. The van der Waals surface area contributed by atoms with Crippen molar-refractivity contribution in [3.63, 3.8) is 0 Å². The third-order valence-corrected chi connectivity index (χ3v) is 3.84. The van der Waals surface area contributed by atoms with Gasteiger partial charge in [0.2, 0.25) is 0 Å². The van der Waals surface area contributed by atoms with Gasteiger partial charge in [-0.1, -0.05) is 51.1 Å². The summed E-state index contributed by atoms with van der Waals surface area (Å²) in [6, 6.07) is 13.4. The van der Waals surface area contributed by atoms with E-state index in [1.165, 1.54) is 16.7 Å². The van der Waals surface area contributed by atoms with Gasteiger partial charge < -0.3 is 5.32 Å². The Kier molecular flexibility index (Phi) is 4.79. The van der Waals surface area contributed by atoms with Crippen LogP contribution in [-0.2, 0) is 12.0 Å². The van der Waals surface area contributed by atoms with Crippen LogP contribution in [0.15, 0.2) is 42.6 Å². The SMILES string of the molecule is Cc1ccc(CNC(C)c2ccc(C(C)(C)C)cc2)nc1. The smallest absolute Gasteiger partial charge is 0.0542 e. The van der Waals surface area contributed by atoms with E-state index >= 15 is 0 Å². The first-order valence-electron chi connectivity index (χ1n) is 7.61. The van der Waals surface area contributed by atoms with E-state index in [0.717, 1.165) is 12.2 Å². The van der Waals surface area contributed by atoms with Crippen LogP contribution in [0.5, 0.6) is 0 Å². The Bertz CT molecular complexity index is 562. The number of rotatable bonds is 4. The maximum atomic E-state index is 4.43. The van der Waals surface area contributed by atoms with Gasteiger partial charge in [-0.05, 0) is 42.0 Å². The highest BCUT2D eigenvalue weighted by molar-refractivity contribution is 5.29. The van der Waals surface area contributed by atoms with Crippen LogP contribution in [0.4, 0.5) is 0 Å². The van der Waals surface area contributed by atoms with Crippen molar-refractivity contribution in [3.05, 3.63) is 65.0 Å². The van der Waals surface area contributed by atoms with E-state index in [2.05, 4.69) is 81.3 Å². The fourth-order valence-corrected chi connectivity index (χ4v) is 2.25. The lowest BCUT2D eigenvalue weighted by Crippen LogP contribution is -2.19. The second kappa shape index (κ2) is 6.40. The highest BCUT2D eigenvalue weighted by Crippen LogP contribution is 2.23. The van der Waals surface area contributed by atoms with Gasteiger partial charge in [0.25, 0.3) is 0 Å².